The monoisotopic (exact) mass is 886 g/mol. The van der Waals surface area contributed by atoms with Crippen molar-refractivity contribution in [1.82, 2.24) is 16.0 Å². The molecule has 2 saturated carbocycles. The molecule has 9 N–H and O–H groups in total. The topological polar surface area (TPSA) is 209 Å². The molecule has 65 heavy (non-hydrogen) atoms. The van der Waals surface area contributed by atoms with E-state index in [0.717, 1.165) is 72.9 Å². The Morgan fingerprint density at radius 3 is 2.65 bits per heavy atom. The van der Waals surface area contributed by atoms with E-state index in [1.165, 1.54) is 11.6 Å². The molecule has 8 atom stereocenters. The van der Waals surface area contributed by atoms with Gasteiger partial charge in [0, 0.05) is 59.7 Å². The highest BCUT2D eigenvalue weighted by Gasteiger charge is 2.58. The minimum Gasteiger partial charge on any atom is -0.508 e. The molecule has 3 aliphatic carbocycles. The number of rotatable bonds is 7. The molecule has 1 unspecified atom stereocenters. The Balaban J connectivity index is 1.31. The first-order valence-corrected chi connectivity index (χ1v) is 23.7. The van der Waals surface area contributed by atoms with Gasteiger partial charge in [-0.05, 0) is 135 Å². The van der Waals surface area contributed by atoms with Gasteiger partial charge in [-0.15, -0.1) is 0 Å². The van der Waals surface area contributed by atoms with Crippen LogP contribution in [-0.2, 0) is 29.0 Å². The van der Waals surface area contributed by atoms with E-state index >= 15 is 0 Å². The Morgan fingerprint density at radius 1 is 1.08 bits per heavy atom. The number of ether oxygens (including phenoxy) is 2. The molecular formula is C52H62N4O9. The zero-order valence-electron chi connectivity index (χ0n) is 37.5. The van der Waals surface area contributed by atoms with Crippen LogP contribution >= 0.6 is 0 Å². The van der Waals surface area contributed by atoms with E-state index in [4.69, 9.17) is 19.6 Å². The second kappa shape index (κ2) is 17.1. The smallest absolute Gasteiger partial charge is 0.334 e. The summed E-state index contributed by atoms with van der Waals surface area (Å²) in [5.74, 6) is -1.93. The molecule has 5 heterocycles. The third-order valence-corrected chi connectivity index (χ3v) is 16.1. The number of nitrogens with two attached hydrogens (primary N) is 1. The first kappa shape index (κ1) is 43.4. The fourth-order valence-corrected chi connectivity index (χ4v) is 13.0. The number of fused-ring (bicyclic) bond motifs is 9. The lowest BCUT2D eigenvalue weighted by molar-refractivity contribution is -0.169. The normalized spacial score (nSPS) is 29.7. The van der Waals surface area contributed by atoms with Crippen LogP contribution in [0.2, 0.25) is 0 Å². The molecule has 4 aliphatic heterocycles. The third kappa shape index (κ3) is 7.16. The minimum absolute atomic E-state index is 0.00350. The molecule has 10 rings (SSSR count). The lowest BCUT2D eigenvalue weighted by atomic mass is 9.61. The van der Waals surface area contributed by atoms with Crippen LogP contribution in [0.5, 0.6) is 17.2 Å². The molecule has 2 fully saturated rings. The Kier molecular flexibility index (Phi) is 11.4. The van der Waals surface area contributed by atoms with Gasteiger partial charge in [-0.3, -0.25) is 10.1 Å². The molecule has 4 bridgehead atoms. The molecule has 0 saturated heterocycles. The SMILES string of the molecule is C/C=C(\C(=O)O[C@@H]1Cc2c3c(c4oc(CO)cc(=O)c4c2O)[C@H]2C4=CCNC(N)=C4[C@@H](CCc4ccc(O)cc4[C@H]2CO)[C@H]2CCC4=CC(NCC)NC=C4C[C@@H]2[C@]1(C)O3)C1CCCC1. The van der Waals surface area contributed by atoms with Crippen LogP contribution in [0.25, 0.3) is 11.0 Å². The molecule has 2 aromatic carbocycles. The van der Waals surface area contributed by atoms with Crippen molar-refractivity contribution in [1.29, 1.82) is 0 Å². The van der Waals surface area contributed by atoms with Crippen LogP contribution in [-0.4, -0.2) is 64.0 Å². The van der Waals surface area contributed by atoms with Gasteiger partial charge in [0.1, 0.15) is 58.1 Å². The van der Waals surface area contributed by atoms with Crippen molar-refractivity contribution in [3.8, 4) is 17.2 Å². The molecule has 344 valence electrons. The Morgan fingerprint density at radius 2 is 1.89 bits per heavy atom. The predicted molar refractivity (Wildman–Crippen MR) is 246 cm³/mol. The van der Waals surface area contributed by atoms with Crippen molar-refractivity contribution < 1.29 is 39.1 Å². The maximum absolute atomic E-state index is 14.7. The number of phenolic OH excluding ortho intramolecular Hbond substituents is 2. The number of nitrogens with one attached hydrogen (secondary N) is 3. The number of dihydropyridines is 2. The first-order chi connectivity index (χ1) is 31.5. The summed E-state index contributed by atoms with van der Waals surface area (Å²) in [4.78, 5) is 29.1. The number of esters is 1. The average Bonchev–Trinajstić information content (AvgIpc) is 3.76. The van der Waals surface area contributed by atoms with E-state index in [1.54, 1.807) is 12.1 Å². The second-order valence-corrected chi connectivity index (χ2v) is 19.4. The average molecular weight is 887 g/mol. The van der Waals surface area contributed by atoms with Gasteiger partial charge in [0.15, 0.2) is 5.43 Å². The summed E-state index contributed by atoms with van der Waals surface area (Å²) in [6, 6.07) is 6.52. The Bertz CT molecular complexity index is 2650. The summed E-state index contributed by atoms with van der Waals surface area (Å²) in [5, 5.41) is 56.4. The highest BCUT2D eigenvalue weighted by atomic mass is 16.6. The van der Waals surface area contributed by atoms with Crippen LogP contribution in [0.15, 0.2) is 91.6 Å². The maximum atomic E-state index is 14.7. The Labute approximate surface area is 379 Å². The molecule has 0 spiro atoms. The van der Waals surface area contributed by atoms with E-state index in [0.29, 0.717) is 48.3 Å². The first-order valence-electron chi connectivity index (χ1n) is 23.7. The number of carbonyl (C=O) groups excluding carboxylic acids is 1. The standard InChI is InChI=1S/C52H62N4O9/c1-4-32(26-8-6-7-9-26)51(62)64-41-22-37-47(61)45-40(60)21-31(24-57)63-49(45)46-43-35-16-17-55-50(53)44(35)34(15-11-27-10-13-30(59)20-36(27)38(43)25-58)33-14-12-28-19-42(54-5-2)56-23-29(28)18-39(33)52(41,3)65-48(37)46/h4,10,13,16,19-21,23,26,33-34,38-39,41-43,54-59,61H,5-9,11-12,14-15,17-18,22,24-25,53H2,1-3H3/b32-4-/t33-,34+,38-,39+,41-,42?,43+,52+/m1/s1. The molecule has 3 aromatic rings. The largest absolute Gasteiger partial charge is 0.508 e. The van der Waals surface area contributed by atoms with Crippen molar-refractivity contribution in [2.75, 3.05) is 19.7 Å². The van der Waals surface area contributed by atoms with Crippen molar-refractivity contribution in [2.45, 2.75) is 121 Å². The number of carbonyl (C=O) groups is 1. The summed E-state index contributed by atoms with van der Waals surface area (Å²) >= 11 is 0. The van der Waals surface area contributed by atoms with Gasteiger partial charge in [0.2, 0.25) is 0 Å². The van der Waals surface area contributed by atoms with Crippen LogP contribution < -0.4 is 31.8 Å². The number of hydrogen-bond donors (Lipinski definition) is 8. The zero-order chi connectivity index (χ0) is 45.3. The van der Waals surface area contributed by atoms with E-state index in [-0.39, 0.29) is 76.8 Å². The summed E-state index contributed by atoms with van der Waals surface area (Å²) in [5.41, 5.74) is 12.7. The van der Waals surface area contributed by atoms with Gasteiger partial charge in [0.05, 0.1) is 12.8 Å². The lowest BCUT2D eigenvalue weighted by Gasteiger charge is -2.52. The van der Waals surface area contributed by atoms with E-state index in [2.05, 4.69) is 41.2 Å². The lowest BCUT2D eigenvalue weighted by Crippen LogP contribution is -2.59. The van der Waals surface area contributed by atoms with Gasteiger partial charge in [-0.1, -0.05) is 38.0 Å². The van der Waals surface area contributed by atoms with Gasteiger partial charge in [0.25, 0.3) is 0 Å². The van der Waals surface area contributed by atoms with Crippen LogP contribution in [0.4, 0.5) is 0 Å². The third-order valence-electron chi connectivity index (χ3n) is 16.1. The highest BCUT2D eigenvalue weighted by molar-refractivity contribution is 5.92. The van der Waals surface area contributed by atoms with E-state index in [1.807, 2.05) is 26.0 Å². The van der Waals surface area contributed by atoms with Gasteiger partial charge >= 0.3 is 5.97 Å². The van der Waals surface area contributed by atoms with Gasteiger partial charge < -0.3 is 50.7 Å². The van der Waals surface area contributed by atoms with Crippen LogP contribution in [0, 0.1) is 23.7 Å². The van der Waals surface area contributed by atoms with Crippen molar-refractivity contribution in [2.24, 2.45) is 29.4 Å². The van der Waals surface area contributed by atoms with E-state index < -0.39 is 41.5 Å². The molecule has 0 radical (unpaired) electrons. The van der Waals surface area contributed by atoms with Crippen molar-refractivity contribution in [3.05, 3.63) is 121 Å². The van der Waals surface area contributed by atoms with Crippen molar-refractivity contribution in [3.63, 3.8) is 0 Å². The number of hydrogen-bond acceptors (Lipinski definition) is 13. The molecule has 1 aromatic heterocycles. The second-order valence-electron chi connectivity index (χ2n) is 19.4. The quantitative estimate of drug-likeness (QED) is 0.0964. The summed E-state index contributed by atoms with van der Waals surface area (Å²) in [7, 11) is 0. The summed E-state index contributed by atoms with van der Waals surface area (Å²) in [6.45, 7) is 6.25. The minimum atomic E-state index is -1.24. The van der Waals surface area contributed by atoms with Gasteiger partial charge in [-0.2, -0.15) is 0 Å². The number of aromatic hydroxyl groups is 2. The predicted octanol–water partition coefficient (Wildman–Crippen LogP) is 6.34. The molecule has 13 heteroatoms. The zero-order valence-corrected chi connectivity index (χ0v) is 37.5. The number of phenols is 2. The fourth-order valence-electron chi connectivity index (χ4n) is 13.0. The molecular weight excluding hydrogens is 825 g/mol. The van der Waals surface area contributed by atoms with Gasteiger partial charge in [-0.25, -0.2) is 4.79 Å². The summed E-state index contributed by atoms with van der Waals surface area (Å²) in [6.07, 6.45) is 14.8. The number of allylic oxidation sites excluding steroid dienone is 5. The maximum Gasteiger partial charge on any atom is 0.334 e. The van der Waals surface area contributed by atoms with E-state index in [9.17, 15) is 30.0 Å². The fraction of sp³-hybridized carbons (Fsp3) is 0.500. The number of aliphatic hydroxyl groups is 2. The van der Waals surface area contributed by atoms with Crippen molar-refractivity contribution >= 4 is 16.9 Å². The number of aryl methyl sites for hydroxylation is 1. The summed E-state index contributed by atoms with van der Waals surface area (Å²) < 4.78 is 21.1. The number of likely N-dealkylation sites (N-methyl/N-ethyl adjacent to an activating group) is 1. The molecule has 7 aliphatic rings. The van der Waals surface area contributed by atoms with Crippen LogP contribution in [0.1, 0.15) is 112 Å². The highest BCUT2D eigenvalue weighted by Crippen LogP contribution is 2.61. The molecule has 13 nitrogen and oxygen atoms in total. The number of aliphatic hydroxyl groups excluding tert-OH is 2. The Hall–Kier alpha value is -5.50. The number of benzene rings is 2. The van der Waals surface area contributed by atoms with Crippen LogP contribution in [0.3, 0.4) is 0 Å². The molecule has 0 amide bonds.